The Hall–Kier alpha value is -3.45. The van der Waals surface area contributed by atoms with Gasteiger partial charge in [-0.15, -0.1) is 10.2 Å². The number of hydrogen-bond acceptors (Lipinski definition) is 7. The number of nitrogens with zero attached hydrogens (tertiary/aromatic N) is 4. The number of ether oxygens (including phenoxy) is 3. The first-order valence-electron chi connectivity index (χ1n) is 12.8. The lowest BCUT2D eigenvalue weighted by Crippen LogP contribution is -2.56. The third kappa shape index (κ3) is 3.91. The van der Waals surface area contributed by atoms with Crippen LogP contribution in [0.1, 0.15) is 37.9 Å². The topological polar surface area (TPSA) is 69.6 Å². The van der Waals surface area contributed by atoms with E-state index in [0.29, 0.717) is 11.8 Å². The molecule has 3 aliphatic rings. The lowest BCUT2D eigenvalue weighted by Gasteiger charge is -2.51. The molecule has 4 aromatic rings. The SMILES string of the molecule is CC[C@@H]1CN2CC[C@@H]1C[C@@H]2[C@H](Oc1nnc(OC)c2ccccc12)c1ccnc2ccc(OC)cc12. The Kier molecular flexibility index (Phi) is 6.09. The molecule has 7 nitrogen and oxygen atoms in total. The molecule has 0 amide bonds. The Morgan fingerprint density at radius 2 is 1.78 bits per heavy atom. The maximum absolute atomic E-state index is 6.92. The second kappa shape index (κ2) is 9.54. The molecule has 36 heavy (non-hydrogen) atoms. The Balaban J connectivity index is 1.49. The average Bonchev–Trinajstić information content (AvgIpc) is 2.95. The predicted octanol–water partition coefficient (Wildman–Crippen LogP) is 5.44. The summed E-state index contributed by atoms with van der Waals surface area (Å²) in [5.41, 5.74) is 2.03. The summed E-state index contributed by atoms with van der Waals surface area (Å²) in [6.45, 7) is 4.54. The van der Waals surface area contributed by atoms with Crippen molar-refractivity contribution in [2.75, 3.05) is 27.3 Å². The smallest absolute Gasteiger partial charge is 0.242 e. The van der Waals surface area contributed by atoms with E-state index in [1.54, 1.807) is 14.2 Å². The van der Waals surface area contributed by atoms with Gasteiger partial charge in [-0.25, -0.2) is 0 Å². The minimum absolute atomic E-state index is 0.227. The van der Waals surface area contributed by atoms with Crippen molar-refractivity contribution < 1.29 is 14.2 Å². The molecule has 7 heteroatoms. The number of piperidine rings is 3. The third-order valence-electron chi connectivity index (χ3n) is 8.15. The van der Waals surface area contributed by atoms with Gasteiger partial charge in [0.1, 0.15) is 11.9 Å². The van der Waals surface area contributed by atoms with Crippen LogP contribution in [0.15, 0.2) is 54.7 Å². The van der Waals surface area contributed by atoms with E-state index in [9.17, 15) is 0 Å². The summed E-state index contributed by atoms with van der Waals surface area (Å²) in [7, 11) is 3.31. The maximum Gasteiger partial charge on any atom is 0.242 e. The molecule has 0 radical (unpaired) electrons. The van der Waals surface area contributed by atoms with Gasteiger partial charge in [0.25, 0.3) is 0 Å². The standard InChI is InChI=1S/C29H32N4O3/c1-4-18-17-33-14-12-19(18)15-26(33)27(21-11-13-30-25-10-9-20(34-2)16-24(21)25)36-29-23-8-6-5-7-22(23)28(35-3)31-32-29/h5-11,13,16,18-19,26-27H,4,12,14-15,17H2,1-3H3/t18-,19-,26-,27-/m1/s1. The van der Waals surface area contributed by atoms with E-state index in [-0.39, 0.29) is 12.1 Å². The van der Waals surface area contributed by atoms with Crippen molar-refractivity contribution in [1.29, 1.82) is 0 Å². The molecular formula is C29H32N4O3. The van der Waals surface area contributed by atoms with Crippen LogP contribution in [0, 0.1) is 11.8 Å². The van der Waals surface area contributed by atoms with E-state index in [4.69, 9.17) is 14.2 Å². The Bertz CT molecular complexity index is 1390. The van der Waals surface area contributed by atoms with Crippen LogP contribution in [0.4, 0.5) is 0 Å². The van der Waals surface area contributed by atoms with E-state index in [0.717, 1.165) is 64.3 Å². The Labute approximate surface area is 211 Å². The zero-order chi connectivity index (χ0) is 24.6. The fourth-order valence-corrected chi connectivity index (χ4v) is 6.24. The molecule has 2 aromatic carbocycles. The van der Waals surface area contributed by atoms with E-state index < -0.39 is 0 Å². The highest BCUT2D eigenvalue weighted by Crippen LogP contribution is 2.45. The molecule has 2 bridgehead atoms. The zero-order valence-corrected chi connectivity index (χ0v) is 21.1. The largest absolute Gasteiger partial charge is 0.497 e. The number of aromatic nitrogens is 3. The van der Waals surface area contributed by atoms with Crippen molar-refractivity contribution in [1.82, 2.24) is 20.1 Å². The predicted molar refractivity (Wildman–Crippen MR) is 140 cm³/mol. The van der Waals surface area contributed by atoms with Gasteiger partial charge in [-0.3, -0.25) is 9.88 Å². The number of pyridine rings is 1. The summed E-state index contributed by atoms with van der Waals surface area (Å²) in [6.07, 6.45) is 5.25. The van der Waals surface area contributed by atoms with Gasteiger partial charge in [-0.2, -0.15) is 0 Å². The van der Waals surface area contributed by atoms with E-state index in [2.05, 4.69) is 39.1 Å². The van der Waals surface area contributed by atoms with E-state index >= 15 is 0 Å². The van der Waals surface area contributed by atoms with Crippen molar-refractivity contribution in [2.24, 2.45) is 11.8 Å². The molecule has 2 aromatic heterocycles. The highest BCUT2D eigenvalue weighted by Gasteiger charge is 2.44. The van der Waals surface area contributed by atoms with Crippen LogP contribution in [0.5, 0.6) is 17.5 Å². The molecule has 3 fully saturated rings. The van der Waals surface area contributed by atoms with Gasteiger partial charge in [-0.1, -0.05) is 25.5 Å². The normalized spacial score (nSPS) is 24.1. The van der Waals surface area contributed by atoms with Crippen molar-refractivity contribution in [3.63, 3.8) is 0 Å². The van der Waals surface area contributed by atoms with Gasteiger partial charge in [-0.05, 0) is 67.6 Å². The summed E-state index contributed by atoms with van der Waals surface area (Å²) >= 11 is 0. The van der Waals surface area contributed by atoms with Crippen LogP contribution in [0.3, 0.4) is 0 Å². The molecule has 186 valence electrons. The third-order valence-corrected chi connectivity index (χ3v) is 8.15. The summed E-state index contributed by atoms with van der Waals surface area (Å²) in [6, 6.07) is 16.4. The highest BCUT2D eigenvalue weighted by atomic mass is 16.5. The first kappa shape index (κ1) is 23.0. The minimum Gasteiger partial charge on any atom is -0.497 e. The van der Waals surface area contributed by atoms with Gasteiger partial charge in [0.15, 0.2) is 0 Å². The van der Waals surface area contributed by atoms with Crippen LogP contribution in [0.25, 0.3) is 21.7 Å². The summed E-state index contributed by atoms with van der Waals surface area (Å²) in [5, 5.41) is 11.7. The van der Waals surface area contributed by atoms with E-state index in [1.807, 2.05) is 42.6 Å². The molecule has 5 atom stereocenters. The molecule has 7 rings (SSSR count). The number of benzene rings is 2. The van der Waals surface area contributed by atoms with Gasteiger partial charge < -0.3 is 14.2 Å². The van der Waals surface area contributed by atoms with Crippen molar-refractivity contribution in [3.05, 3.63) is 60.3 Å². The molecule has 3 saturated heterocycles. The fourth-order valence-electron chi connectivity index (χ4n) is 6.24. The molecule has 5 heterocycles. The Morgan fingerprint density at radius 1 is 0.972 bits per heavy atom. The van der Waals surface area contributed by atoms with Gasteiger partial charge >= 0.3 is 0 Å². The number of methoxy groups -OCH3 is 2. The minimum atomic E-state index is -0.227. The highest BCUT2D eigenvalue weighted by molar-refractivity contribution is 5.90. The second-order valence-electron chi connectivity index (χ2n) is 9.90. The van der Waals surface area contributed by atoms with Crippen LogP contribution in [0.2, 0.25) is 0 Å². The number of fused-ring (bicyclic) bond motifs is 5. The number of rotatable bonds is 7. The lowest BCUT2D eigenvalue weighted by atomic mass is 9.72. The fraction of sp³-hybridized carbons (Fsp3) is 0.414. The van der Waals surface area contributed by atoms with Crippen molar-refractivity contribution >= 4 is 21.7 Å². The van der Waals surface area contributed by atoms with Crippen LogP contribution in [-0.2, 0) is 0 Å². The molecule has 1 unspecified atom stereocenters. The molecule has 0 spiro atoms. The lowest BCUT2D eigenvalue weighted by molar-refractivity contribution is -0.0491. The quantitative estimate of drug-likeness (QED) is 0.346. The Morgan fingerprint density at radius 3 is 2.50 bits per heavy atom. The van der Waals surface area contributed by atoms with Crippen molar-refractivity contribution in [2.45, 2.75) is 38.3 Å². The maximum atomic E-state index is 6.92. The van der Waals surface area contributed by atoms with Gasteiger partial charge in [0, 0.05) is 23.7 Å². The molecular weight excluding hydrogens is 452 g/mol. The molecule has 0 aliphatic carbocycles. The first-order valence-corrected chi connectivity index (χ1v) is 12.8. The monoisotopic (exact) mass is 484 g/mol. The summed E-state index contributed by atoms with van der Waals surface area (Å²) < 4.78 is 18.0. The van der Waals surface area contributed by atoms with Crippen LogP contribution in [-0.4, -0.2) is 53.4 Å². The van der Waals surface area contributed by atoms with Crippen molar-refractivity contribution in [3.8, 4) is 17.5 Å². The molecule has 0 N–H and O–H groups in total. The molecule has 3 aliphatic heterocycles. The molecule has 0 saturated carbocycles. The van der Waals surface area contributed by atoms with Gasteiger partial charge in [0.2, 0.25) is 11.8 Å². The van der Waals surface area contributed by atoms with Gasteiger partial charge in [0.05, 0.1) is 36.6 Å². The summed E-state index contributed by atoms with van der Waals surface area (Å²) in [4.78, 5) is 7.26. The second-order valence-corrected chi connectivity index (χ2v) is 9.90. The first-order chi connectivity index (χ1) is 17.7. The van der Waals surface area contributed by atoms with Crippen LogP contribution < -0.4 is 14.2 Å². The zero-order valence-electron chi connectivity index (χ0n) is 21.1. The van der Waals surface area contributed by atoms with Crippen LogP contribution >= 0.6 is 0 Å². The number of hydrogen-bond donors (Lipinski definition) is 0. The summed E-state index contributed by atoms with van der Waals surface area (Å²) in [5.74, 6) is 3.31. The van der Waals surface area contributed by atoms with E-state index in [1.165, 1.54) is 12.8 Å². The average molecular weight is 485 g/mol.